The number of anilines is 1. The fourth-order valence-corrected chi connectivity index (χ4v) is 2.24. The highest BCUT2D eigenvalue weighted by molar-refractivity contribution is 7.90. The fraction of sp³-hybridized carbons (Fsp3) is 0.357. The number of aryl methyl sites for hydroxylation is 1. The third-order valence-corrected chi connectivity index (χ3v) is 3.99. The Hall–Kier alpha value is -2.02. The molecule has 0 fully saturated rings. The minimum Gasteiger partial charge on any atom is -0.369 e. The molecular weight excluding hydrogens is 288 g/mol. The van der Waals surface area contributed by atoms with Gasteiger partial charge in [-0.25, -0.2) is 18.4 Å². The van der Waals surface area contributed by atoms with Crippen LogP contribution >= 0.6 is 0 Å². The number of aromatic nitrogens is 3. The van der Waals surface area contributed by atoms with Crippen LogP contribution in [-0.2, 0) is 9.84 Å². The highest BCUT2D eigenvalue weighted by Gasteiger charge is 2.11. The maximum atomic E-state index is 11.2. The van der Waals surface area contributed by atoms with Crippen LogP contribution in [0.3, 0.4) is 0 Å². The van der Waals surface area contributed by atoms with E-state index in [2.05, 4.69) is 20.3 Å². The van der Waals surface area contributed by atoms with Gasteiger partial charge in [0, 0.05) is 30.3 Å². The van der Waals surface area contributed by atoms with Gasteiger partial charge in [0.05, 0.1) is 5.75 Å². The van der Waals surface area contributed by atoms with E-state index in [-0.39, 0.29) is 5.75 Å². The van der Waals surface area contributed by atoms with Gasteiger partial charge in [-0.2, -0.15) is 0 Å². The molecule has 2 rings (SSSR count). The largest absolute Gasteiger partial charge is 0.369 e. The lowest BCUT2D eigenvalue weighted by Gasteiger charge is -2.11. The number of sulfone groups is 1. The van der Waals surface area contributed by atoms with Gasteiger partial charge in [0.15, 0.2) is 5.82 Å². The summed E-state index contributed by atoms with van der Waals surface area (Å²) in [5, 5.41) is 3.06. The first-order valence-corrected chi connectivity index (χ1v) is 8.61. The van der Waals surface area contributed by atoms with Crippen molar-refractivity contribution in [1.29, 1.82) is 0 Å². The molecule has 2 heterocycles. The van der Waals surface area contributed by atoms with Crippen LogP contribution in [0, 0.1) is 13.8 Å². The zero-order chi connectivity index (χ0) is 15.5. The number of nitrogens with one attached hydrogen (secondary N) is 1. The lowest BCUT2D eigenvalue weighted by Crippen LogP contribution is -2.16. The van der Waals surface area contributed by atoms with E-state index < -0.39 is 9.84 Å². The van der Waals surface area contributed by atoms with Gasteiger partial charge >= 0.3 is 0 Å². The van der Waals surface area contributed by atoms with Crippen LogP contribution < -0.4 is 5.32 Å². The Kier molecular flexibility index (Phi) is 4.52. The van der Waals surface area contributed by atoms with E-state index in [4.69, 9.17) is 0 Å². The molecule has 7 heteroatoms. The Balaban J connectivity index is 2.27. The lowest BCUT2D eigenvalue weighted by molar-refractivity contribution is 0.602. The molecule has 0 aromatic carbocycles. The first-order chi connectivity index (χ1) is 9.87. The Labute approximate surface area is 124 Å². The maximum Gasteiger partial charge on any atom is 0.180 e. The number of nitrogens with zero attached hydrogens (tertiary/aromatic N) is 3. The molecule has 21 heavy (non-hydrogen) atoms. The second-order valence-corrected chi connectivity index (χ2v) is 7.14. The monoisotopic (exact) mass is 306 g/mol. The highest BCUT2D eigenvalue weighted by atomic mass is 32.2. The van der Waals surface area contributed by atoms with E-state index in [9.17, 15) is 8.42 Å². The first kappa shape index (κ1) is 15.4. The van der Waals surface area contributed by atoms with Crippen molar-refractivity contribution in [3.63, 3.8) is 0 Å². The molecule has 0 saturated carbocycles. The van der Waals surface area contributed by atoms with Crippen molar-refractivity contribution in [2.75, 3.05) is 23.9 Å². The zero-order valence-electron chi connectivity index (χ0n) is 12.3. The number of pyridine rings is 1. The van der Waals surface area contributed by atoms with Crippen molar-refractivity contribution in [2.45, 2.75) is 13.8 Å². The summed E-state index contributed by atoms with van der Waals surface area (Å²) in [6, 6.07) is 5.54. The smallest absolute Gasteiger partial charge is 0.180 e. The normalized spacial score (nSPS) is 11.4. The van der Waals surface area contributed by atoms with Crippen molar-refractivity contribution in [2.24, 2.45) is 0 Å². The average molecular weight is 306 g/mol. The van der Waals surface area contributed by atoms with Gasteiger partial charge in [0.25, 0.3) is 0 Å². The van der Waals surface area contributed by atoms with Crippen LogP contribution in [0.5, 0.6) is 0 Å². The van der Waals surface area contributed by atoms with Crippen LogP contribution in [0.4, 0.5) is 5.82 Å². The van der Waals surface area contributed by atoms with Gasteiger partial charge in [0.2, 0.25) is 0 Å². The zero-order valence-corrected chi connectivity index (χ0v) is 13.1. The summed E-state index contributed by atoms with van der Waals surface area (Å²) in [7, 11) is -3.00. The Morgan fingerprint density at radius 3 is 2.57 bits per heavy atom. The summed E-state index contributed by atoms with van der Waals surface area (Å²) in [4.78, 5) is 13.1. The second kappa shape index (κ2) is 6.17. The van der Waals surface area contributed by atoms with E-state index in [1.165, 1.54) is 6.26 Å². The number of hydrogen-bond acceptors (Lipinski definition) is 6. The van der Waals surface area contributed by atoms with Crippen molar-refractivity contribution >= 4 is 15.7 Å². The molecule has 0 atom stereocenters. The minimum absolute atomic E-state index is 0.0639. The molecule has 0 saturated heterocycles. The summed E-state index contributed by atoms with van der Waals surface area (Å²) < 4.78 is 22.4. The molecule has 6 nitrogen and oxygen atoms in total. The van der Waals surface area contributed by atoms with Gasteiger partial charge in [-0.15, -0.1) is 0 Å². The first-order valence-electron chi connectivity index (χ1n) is 6.55. The van der Waals surface area contributed by atoms with Crippen molar-refractivity contribution in [3.8, 4) is 11.5 Å². The lowest BCUT2D eigenvalue weighted by atomic mass is 10.2. The molecule has 0 aliphatic heterocycles. The van der Waals surface area contributed by atoms with Gasteiger partial charge in [-0.3, -0.25) is 4.98 Å². The molecule has 0 radical (unpaired) electrons. The minimum atomic E-state index is -3.00. The van der Waals surface area contributed by atoms with Crippen LogP contribution in [0.25, 0.3) is 11.5 Å². The Morgan fingerprint density at radius 1 is 1.19 bits per heavy atom. The van der Waals surface area contributed by atoms with Crippen LogP contribution in [0.15, 0.2) is 24.4 Å². The molecular formula is C14H18N4O2S. The maximum absolute atomic E-state index is 11.2. The highest BCUT2D eigenvalue weighted by Crippen LogP contribution is 2.19. The Morgan fingerprint density at radius 2 is 1.95 bits per heavy atom. The molecule has 2 aromatic rings. The van der Waals surface area contributed by atoms with E-state index >= 15 is 0 Å². The number of hydrogen-bond donors (Lipinski definition) is 1. The van der Waals surface area contributed by atoms with Crippen molar-refractivity contribution in [3.05, 3.63) is 35.7 Å². The third-order valence-electron chi connectivity index (χ3n) is 3.05. The average Bonchev–Trinajstić information content (AvgIpc) is 2.43. The molecule has 0 unspecified atom stereocenters. The van der Waals surface area contributed by atoms with Gasteiger partial charge in [-0.1, -0.05) is 6.07 Å². The molecule has 0 aliphatic carbocycles. The second-order valence-electron chi connectivity index (χ2n) is 4.88. The molecule has 0 amide bonds. The molecule has 1 N–H and O–H groups in total. The van der Waals surface area contributed by atoms with Gasteiger partial charge in [0.1, 0.15) is 21.3 Å². The summed E-state index contributed by atoms with van der Waals surface area (Å²) >= 11 is 0. The van der Waals surface area contributed by atoms with E-state index in [1.54, 1.807) is 6.20 Å². The quantitative estimate of drug-likeness (QED) is 0.903. The molecule has 0 aliphatic rings. The van der Waals surface area contributed by atoms with Crippen LogP contribution in [0.1, 0.15) is 11.3 Å². The van der Waals surface area contributed by atoms with Gasteiger partial charge < -0.3 is 5.32 Å². The molecule has 2 aromatic heterocycles. The van der Waals surface area contributed by atoms with Crippen LogP contribution in [0.2, 0.25) is 0 Å². The molecule has 0 spiro atoms. The van der Waals surface area contributed by atoms with Crippen molar-refractivity contribution < 1.29 is 8.42 Å². The molecule has 0 bridgehead atoms. The summed E-state index contributed by atoms with van der Waals surface area (Å²) in [5.74, 6) is 1.24. The third kappa shape index (κ3) is 4.22. The van der Waals surface area contributed by atoms with Gasteiger partial charge in [-0.05, 0) is 26.0 Å². The predicted molar refractivity (Wildman–Crippen MR) is 82.9 cm³/mol. The summed E-state index contributed by atoms with van der Waals surface area (Å²) in [5.41, 5.74) is 2.43. The standard InChI is InChI=1S/C14H18N4O2S/c1-10-11(2)17-14(12-6-4-5-7-15-12)18-13(10)16-8-9-21(3,19)20/h4-7H,8-9H2,1-3H3,(H,16,17,18). The van der Waals surface area contributed by atoms with Crippen molar-refractivity contribution in [1.82, 2.24) is 15.0 Å². The SMILES string of the molecule is Cc1nc(-c2ccccn2)nc(NCCS(C)(=O)=O)c1C. The summed E-state index contributed by atoms with van der Waals surface area (Å²) in [6.45, 7) is 4.11. The fourth-order valence-electron chi connectivity index (χ4n) is 1.77. The summed E-state index contributed by atoms with van der Waals surface area (Å²) in [6.07, 6.45) is 2.90. The predicted octanol–water partition coefficient (Wildman–Crippen LogP) is 1.61. The molecule has 112 valence electrons. The topological polar surface area (TPSA) is 84.8 Å². The van der Waals surface area contributed by atoms with E-state index in [0.29, 0.717) is 23.9 Å². The van der Waals surface area contributed by atoms with E-state index in [0.717, 1.165) is 11.3 Å². The number of rotatable bonds is 5. The van der Waals surface area contributed by atoms with E-state index in [1.807, 2.05) is 32.0 Å². The van der Waals surface area contributed by atoms with Crippen LogP contribution in [-0.4, -0.2) is 41.9 Å². The Bertz CT molecular complexity index is 730.